The fraction of sp³-hybridized carbons (Fsp3) is 0.381. The fourth-order valence-electron chi connectivity index (χ4n) is 3.74. The molecule has 0 aliphatic carbocycles. The zero-order chi connectivity index (χ0) is 23.1. The number of carboxylic acids is 1. The number of ether oxygens (including phenoxy) is 1. The second kappa shape index (κ2) is 8.14. The minimum Gasteiger partial charge on any atom is -0.504 e. The summed E-state index contributed by atoms with van der Waals surface area (Å²) in [7, 11) is 2.94. The number of rotatable bonds is 6. The Morgan fingerprint density at radius 1 is 1.10 bits per heavy atom. The maximum Gasteiger partial charge on any atom is 0.307 e. The van der Waals surface area contributed by atoms with E-state index in [2.05, 4.69) is 0 Å². The molecule has 0 aromatic heterocycles. The third kappa shape index (κ3) is 4.18. The summed E-state index contributed by atoms with van der Waals surface area (Å²) in [6, 6.07) is 4.68. The smallest absolute Gasteiger partial charge is 0.307 e. The lowest BCUT2D eigenvalue weighted by Gasteiger charge is -2.31. The summed E-state index contributed by atoms with van der Waals surface area (Å²) in [6.07, 6.45) is -0.455. The van der Waals surface area contributed by atoms with Crippen LogP contribution in [0.5, 0.6) is 28.7 Å². The molecule has 2 aromatic carbocycles. The van der Waals surface area contributed by atoms with Gasteiger partial charge in [0.25, 0.3) is 0 Å². The fourth-order valence-corrected chi connectivity index (χ4v) is 3.74. The van der Waals surface area contributed by atoms with E-state index >= 15 is 0 Å². The topological polar surface area (TPSA) is 171 Å². The lowest BCUT2D eigenvalue weighted by Crippen LogP contribution is -2.44. The van der Waals surface area contributed by atoms with Gasteiger partial charge < -0.3 is 40.5 Å². The standard InChI is InChI=1S/C21H25NO9/c1-22(2)21(29,30)6-5-11-12-7-10(8-15(23)24)3-4-14(12)31-9-13-16(11)18(26)20(28)19(27)17(13)25/h3-4,7,11,25-30H,5-6,8-9H2,1-2H3,(H,23,24). The molecule has 31 heavy (non-hydrogen) atoms. The molecule has 1 unspecified atom stereocenters. The molecule has 0 saturated heterocycles. The van der Waals surface area contributed by atoms with Gasteiger partial charge in [0.05, 0.1) is 6.42 Å². The Hall–Kier alpha value is -3.21. The summed E-state index contributed by atoms with van der Waals surface area (Å²) in [5.41, 5.74) is 0.961. The van der Waals surface area contributed by atoms with E-state index in [4.69, 9.17) is 9.84 Å². The molecule has 0 saturated carbocycles. The van der Waals surface area contributed by atoms with Gasteiger partial charge in [0.2, 0.25) is 17.4 Å². The molecular weight excluding hydrogens is 410 g/mol. The van der Waals surface area contributed by atoms with E-state index in [-0.39, 0.29) is 37.0 Å². The van der Waals surface area contributed by atoms with Crippen molar-refractivity contribution in [2.24, 2.45) is 0 Å². The van der Waals surface area contributed by atoms with Crippen LogP contribution >= 0.6 is 0 Å². The molecule has 1 aliphatic rings. The number of carbonyl (C=O) groups is 1. The number of phenols is 4. The maximum absolute atomic E-state index is 11.2. The van der Waals surface area contributed by atoms with Crippen molar-refractivity contribution in [1.29, 1.82) is 0 Å². The first-order valence-corrected chi connectivity index (χ1v) is 9.52. The van der Waals surface area contributed by atoms with Crippen LogP contribution in [0.1, 0.15) is 41.0 Å². The molecule has 1 heterocycles. The Labute approximate surface area is 177 Å². The van der Waals surface area contributed by atoms with Crippen molar-refractivity contribution in [3.05, 3.63) is 40.5 Å². The van der Waals surface area contributed by atoms with Gasteiger partial charge >= 0.3 is 5.97 Å². The molecule has 0 spiro atoms. The molecule has 0 fully saturated rings. The number of fused-ring (bicyclic) bond motifs is 2. The van der Waals surface area contributed by atoms with Crippen molar-refractivity contribution < 1.29 is 45.3 Å². The highest BCUT2D eigenvalue weighted by atomic mass is 16.5. The average Bonchev–Trinajstić information content (AvgIpc) is 2.85. The van der Waals surface area contributed by atoms with Gasteiger partial charge in [0.15, 0.2) is 11.5 Å². The third-order valence-electron chi connectivity index (χ3n) is 5.55. The van der Waals surface area contributed by atoms with E-state index in [1.54, 1.807) is 18.2 Å². The molecule has 2 aromatic rings. The van der Waals surface area contributed by atoms with Crippen LogP contribution in [0.25, 0.3) is 0 Å². The van der Waals surface area contributed by atoms with Crippen LogP contribution in [-0.2, 0) is 17.8 Å². The minimum atomic E-state index is -2.19. The van der Waals surface area contributed by atoms with Crippen LogP contribution in [0.2, 0.25) is 0 Å². The maximum atomic E-state index is 11.2. The molecule has 0 amide bonds. The van der Waals surface area contributed by atoms with E-state index < -0.39 is 40.8 Å². The van der Waals surface area contributed by atoms with Crippen LogP contribution in [0.3, 0.4) is 0 Å². The van der Waals surface area contributed by atoms with E-state index in [1.807, 2.05) is 0 Å². The number of aliphatic hydroxyl groups is 2. The highest BCUT2D eigenvalue weighted by Crippen LogP contribution is 2.54. The Morgan fingerprint density at radius 3 is 2.35 bits per heavy atom. The van der Waals surface area contributed by atoms with E-state index in [0.717, 1.165) is 0 Å². The van der Waals surface area contributed by atoms with Gasteiger partial charge in [-0.2, -0.15) is 0 Å². The van der Waals surface area contributed by atoms with Gasteiger partial charge in [-0.1, -0.05) is 12.1 Å². The number of carboxylic acid groups (broad SMARTS) is 1. The van der Waals surface area contributed by atoms with Crippen LogP contribution < -0.4 is 4.74 Å². The SMILES string of the molecule is CN(C)C(O)(O)CCC1c2cc(CC(=O)O)ccc2OCc2c(O)c(O)c(O)c(O)c21. The highest BCUT2D eigenvalue weighted by molar-refractivity contribution is 5.71. The monoisotopic (exact) mass is 435 g/mol. The number of aromatic hydroxyl groups is 4. The Balaban J connectivity index is 2.20. The molecule has 0 radical (unpaired) electrons. The molecule has 168 valence electrons. The molecule has 10 nitrogen and oxygen atoms in total. The number of phenolic OH excluding ortho intramolecular Hbond substituents is 4. The largest absolute Gasteiger partial charge is 0.504 e. The predicted molar refractivity (Wildman–Crippen MR) is 107 cm³/mol. The first-order chi connectivity index (χ1) is 14.4. The highest BCUT2D eigenvalue weighted by Gasteiger charge is 2.36. The second-order valence-electron chi connectivity index (χ2n) is 7.78. The summed E-state index contributed by atoms with van der Waals surface area (Å²) >= 11 is 0. The number of hydrogen-bond acceptors (Lipinski definition) is 9. The van der Waals surface area contributed by atoms with Crippen molar-refractivity contribution in [2.45, 2.75) is 37.7 Å². The van der Waals surface area contributed by atoms with Gasteiger partial charge in [-0.3, -0.25) is 9.69 Å². The van der Waals surface area contributed by atoms with Gasteiger partial charge in [-0.25, -0.2) is 0 Å². The van der Waals surface area contributed by atoms with Crippen molar-refractivity contribution in [1.82, 2.24) is 4.90 Å². The molecule has 1 aliphatic heterocycles. The first kappa shape index (κ1) is 22.5. The number of benzene rings is 2. The second-order valence-corrected chi connectivity index (χ2v) is 7.78. The Kier molecular flexibility index (Phi) is 5.90. The van der Waals surface area contributed by atoms with Gasteiger partial charge in [-0.15, -0.1) is 0 Å². The number of aliphatic carboxylic acids is 1. The van der Waals surface area contributed by atoms with Gasteiger partial charge in [-0.05, 0) is 32.1 Å². The zero-order valence-corrected chi connectivity index (χ0v) is 17.0. The van der Waals surface area contributed by atoms with Crippen LogP contribution in [0.4, 0.5) is 0 Å². The van der Waals surface area contributed by atoms with Gasteiger partial charge in [0, 0.05) is 29.0 Å². The predicted octanol–water partition coefficient (Wildman–Crippen LogP) is 1.14. The summed E-state index contributed by atoms with van der Waals surface area (Å²) in [4.78, 5) is 12.3. The number of nitrogens with zero attached hydrogens (tertiary/aromatic N) is 1. The Morgan fingerprint density at radius 2 is 1.74 bits per heavy atom. The normalized spacial score (nSPS) is 15.7. The molecule has 10 heteroatoms. The number of hydrogen-bond donors (Lipinski definition) is 7. The molecule has 3 rings (SSSR count). The third-order valence-corrected chi connectivity index (χ3v) is 5.55. The summed E-state index contributed by atoms with van der Waals surface area (Å²) < 4.78 is 5.73. The Bertz CT molecular complexity index is 1020. The first-order valence-electron chi connectivity index (χ1n) is 9.52. The van der Waals surface area contributed by atoms with Crippen LogP contribution in [0, 0.1) is 0 Å². The summed E-state index contributed by atoms with van der Waals surface area (Å²) in [5, 5.41) is 70.7. The molecule has 1 atom stereocenters. The van der Waals surface area contributed by atoms with Crippen molar-refractivity contribution in [2.75, 3.05) is 14.1 Å². The van der Waals surface area contributed by atoms with E-state index in [0.29, 0.717) is 16.9 Å². The van der Waals surface area contributed by atoms with Crippen LogP contribution in [0.15, 0.2) is 18.2 Å². The molecule has 0 bridgehead atoms. The van der Waals surface area contributed by atoms with E-state index in [9.17, 15) is 35.4 Å². The minimum absolute atomic E-state index is 0.0162. The van der Waals surface area contributed by atoms with Crippen molar-refractivity contribution >= 4 is 5.97 Å². The summed E-state index contributed by atoms with van der Waals surface area (Å²) in [5.74, 6) is -6.89. The molecule has 7 N–H and O–H groups in total. The van der Waals surface area contributed by atoms with Gasteiger partial charge in [0.1, 0.15) is 12.4 Å². The average molecular weight is 435 g/mol. The van der Waals surface area contributed by atoms with Crippen LogP contribution in [-0.4, -0.2) is 66.6 Å². The quantitative estimate of drug-likeness (QED) is 0.198. The van der Waals surface area contributed by atoms with Crippen molar-refractivity contribution in [3.8, 4) is 28.7 Å². The lowest BCUT2D eigenvalue weighted by atomic mass is 9.82. The lowest BCUT2D eigenvalue weighted by molar-refractivity contribution is -0.253. The zero-order valence-electron chi connectivity index (χ0n) is 17.0. The van der Waals surface area contributed by atoms with E-state index in [1.165, 1.54) is 19.0 Å². The summed E-state index contributed by atoms with van der Waals surface area (Å²) in [6.45, 7) is -0.249. The molecular formula is C21H25NO9. The van der Waals surface area contributed by atoms with Crippen molar-refractivity contribution in [3.63, 3.8) is 0 Å².